The number of hydrogen-bond donors (Lipinski definition) is 2. The number of carboxylic acid groups (broad SMARTS) is 1. The summed E-state index contributed by atoms with van der Waals surface area (Å²) in [4.78, 5) is 12.5. The summed E-state index contributed by atoms with van der Waals surface area (Å²) in [7, 11) is 1.49. The maximum Gasteiger partial charge on any atom is 0.407 e. The van der Waals surface area contributed by atoms with Crippen LogP contribution in [0, 0.1) is 0 Å². The van der Waals surface area contributed by atoms with Gasteiger partial charge in [-0.2, -0.15) is 0 Å². The first-order valence-electron chi connectivity index (χ1n) is 6.81. The van der Waals surface area contributed by atoms with Crippen LogP contribution in [-0.4, -0.2) is 40.9 Å². The second-order valence-corrected chi connectivity index (χ2v) is 4.94. The van der Waals surface area contributed by atoms with Crippen molar-refractivity contribution in [1.29, 1.82) is 0 Å². The maximum absolute atomic E-state index is 11.3. The third kappa shape index (κ3) is 3.41. The van der Waals surface area contributed by atoms with Crippen LogP contribution in [0.25, 0.3) is 0 Å². The van der Waals surface area contributed by atoms with Gasteiger partial charge in [0.15, 0.2) is 0 Å². The number of rotatable bonds is 5. The predicted molar refractivity (Wildman–Crippen MR) is 81.4 cm³/mol. The largest absolute Gasteiger partial charge is 0.465 e. The Hall–Kier alpha value is -2.33. The number of nitrogens with zero attached hydrogens (tertiary/aromatic N) is 1. The molecule has 2 aromatic carbocycles. The van der Waals surface area contributed by atoms with Crippen LogP contribution in [0.5, 0.6) is 0 Å². The molecule has 2 aromatic rings. The molecule has 2 N–H and O–H groups in total. The van der Waals surface area contributed by atoms with Crippen LogP contribution in [0.3, 0.4) is 0 Å². The van der Waals surface area contributed by atoms with Gasteiger partial charge in [0.05, 0.1) is 12.6 Å². The van der Waals surface area contributed by atoms with Gasteiger partial charge in [0.1, 0.15) is 0 Å². The van der Waals surface area contributed by atoms with Crippen molar-refractivity contribution in [2.75, 3.05) is 13.7 Å². The fraction of sp³-hybridized carbons (Fsp3) is 0.235. The normalized spacial score (nSPS) is 12.1. The van der Waals surface area contributed by atoms with Gasteiger partial charge in [-0.3, -0.25) is 0 Å². The SMILES string of the molecule is CN(C(=O)O)C(CO)C(c1ccccc1)c1ccccc1. The molecular weight excluding hydrogens is 266 g/mol. The monoisotopic (exact) mass is 285 g/mol. The summed E-state index contributed by atoms with van der Waals surface area (Å²) in [6, 6.07) is 18.8. The second kappa shape index (κ2) is 6.90. The molecule has 0 saturated carbocycles. The van der Waals surface area contributed by atoms with E-state index in [4.69, 9.17) is 0 Å². The molecule has 0 bridgehead atoms. The molecule has 0 aliphatic heterocycles. The number of aliphatic hydroxyl groups is 1. The van der Waals surface area contributed by atoms with E-state index in [9.17, 15) is 15.0 Å². The summed E-state index contributed by atoms with van der Waals surface area (Å²) in [5, 5.41) is 19.0. The van der Waals surface area contributed by atoms with Crippen molar-refractivity contribution in [3.8, 4) is 0 Å². The zero-order valence-corrected chi connectivity index (χ0v) is 11.9. The minimum Gasteiger partial charge on any atom is -0.465 e. The highest BCUT2D eigenvalue weighted by atomic mass is 16.4. The van der Waals surface area contributed by atoms with E-state index in [0.717, 1.165) is 11.1 Å². The van der Waals surface area contributed by atoms with Gasteiger partial charge in [0, 0.05) is 13.0 Å². The molecule has 21 heavy (non-hydrogen) atoms. The molecule has 0 fully saturated rings. The highest BCUT2D eigenvalue weighted by Crippen LogP contribution is 2.30. The van der Waals surface area contributed by atoms with E-state index in [2.05, 4.69) is 0 Å². The summed E-state index contributed by atoms with van der Waals surface area (Å²) in [6.45, 7) is -0.239. The Morgan fingerprint density at radius 3 is 1.76 bits per heavy atom. The van der Waals surface area contributed by atoms with Gasteiger partial charge in [0.2, 0.25) is 0 Å². The Labute approximate surface area is 124 Å². The van der Waals surface area contributed by atoms with Gasteiger partial charge >= 0.3 is 6.09 Å². The van der Waals surface area contributed by atoms with Crippen LogP contribution < -0.4 is 0 Å². The highest BCUT2D eigenvalue weighted by molar-refractivity contribution is 5.65. The Morgan fingerprint density at radius 2 is 1.43 bits per heavy atom. The van der Waals surface area contributed by atoms with E-state index in [1.165, 1.54) is 11.9 Å². The zero-order valence-electron chi connectivity index (χ0n) is 11.9. The van der Waals surface area contributed by atoms with Crippen molar-refractivity contribution in [3.63, 3.8) is 0 Å². The van der Waals surface area contributed by atoms with Crippen molar-refractivity contribution in [3.05, 3.63) is 71.8 Å². The van der Waals surface area contributed by atoms with Crippen LogP contribution in [-0.2, 0) is 0 Å². The first kappa shape index (κ1) is 15.1. The third-order valence-electron chi connectivity index (χ3n) is 3.69. The third-order valence-corrected chi connectivity index (χ3v) is 3.69. The van der Waals surface area contributed by atoms with Gasteiger partial charge < -0.3 is 15.1 Å². The Bertz CT molecular complexity index is 532. The molecule has 0 heterocycles. The fourth-order valence-electron chi connectivity index (χ4n) is 2.55. The minimum absolute atomic E-state index is 0.210. The Balaban J connectivity index is 2.48. The van der Waals surface area contributed by atoms with Crippen molar-refractivity contribution >= 4 is 6.09 Å². The molecule has 0 aliphatic carbocycles. The van der Waals surface area contributed by atoms with E-state index >= 15 is 0 Å². The lowest BCUT2D eigenvalue weighted by atomic mass is 9.85. The number of benzene rings is 2. The lowest BCUT2D eigenvalue weighted by Crippen LogP contribution is -2.43. The topological polar surface area (TPSA) is 60.8 Å². The van der Waals surface area contributed by atoms with E-state index in [1.807, 2.05) is 60.7 Å². The van der Waals surface area contributed by atoms with Gasteiger partial charge in [-0.15, -0.1) is 0 Å². The first-order chi connectivity index (χ1) is 10.1. The quantitative estimate of drug-likeness (QED) is 0.888. The molecule has 0 spiro atoms. The van der Waals surface area contributed by atoms with Crippen LogP contribution in [0.4, 0.5) is 4.79 Å². The van der Waals surface area contributed by atoms with Crippen molar-refractivity contribution in [2.24, 2.45) is 0 Å². The molecule has 0 aromatic heterocycles. The molecule has 2 rings (SSSR count). The maximum atomic E-state index is 11.3. The second-order valence-electron chi connectivity index (χ2n) is 4.94. The Kier molecular flexibility index (Phi) is 4.95. The van der Waals surface area contributed by atoms with E-state index in [-0.39, 0.29) is 12.5 Å². The molecule has 1 unspecified atom stereocenters. The summed E-state index contributed by atoms with van der Waals surface area (Å²) < 4.78 is 0. The molecule has 110 valence electrons. The number of aliphatic hydroxyl groups excluding tert-OH is 1. The number of amides is 1. The van der Waals surface area contributed by atoms with Crippen LogP contribution in [0.2, 0.25) is 0 Å². The fourth-order valence-corrected chi connectivity index (χ4v) is 2.55. The number of hydrogen-bond acceptors (Lipinski definition) is 2. The van der Waals surface area contributed by atoms with Gasteiger partial charge in [-0.25, -0.2) is 4.79 Å². The van der Waals surface area contributed by atoms with Gasteiger partial charge in [-0.1, -0.05) is 60.7 Å². The van der Waals surface area contributed by atoms with E-state index in [1.54, 1.807) is 0 Å². The number of likely N-dealkylation sites (N-methyl/N-ethyl adjacent to an activating group) is 1. The molecule has 0 saturated heterocycles. The summed E-state index contributed by atoms with van der Waals surface area (Å²) in [5.74, 6) is -0.210. The zero-order chi connectivity index (χ0) is 15.2. The summed E-state index contributed by atoms with van der Waals surface area (Å²) >= 11 is 0. The summed E-state index contributed by atoms with van der Waals surface area (Å²) in [6.07, 6.45) is -1.05. The highest BCUT2D eigenvalue weighted by Gasteiger charge is 2.30. The average molecular weight is 285 g/mol. The van der Waals surface area contributed by atoms with Crippen molar-refractivity contribution < 1.29 is 15.0 Å². The smallest absolute Gasteiger partial charge is 0.407 e. The number of carbonyl (C=O) groups is 1. The van der Waals surface area contributed by atoms with Crippen molar-refractivity contribution in [1.82, 2.24) is 4.90 Å². The van der Waals surface area contributed by atoms with Crippen LogP contribution >= 0.6 is 0 Å². The minimum atomic E-state index is -1.05. The molecule has 0 aliphatic rings. The molecule has 0 radical (unpaired) electrons. The summed E-state index contributed by atoms with van der Waals surface area (Å²) in [5.41, 5.74) is 1.96. The van der Waals surface area contributed by atoms with Gasteiger partial charge in [0.25, 0.3) is 0 Å². The molecule has 1 amide bonds. The van der Waals surface area contributed by atoms with Crippen LogP contribution in [0.15, 0.2) is 60.7 Å². The Morgan fingerprint density at radius 1 is 1.00 bits per heavy atom. The van der Waals surface area contributed by atoms with E-state index < -0.39 is 12.1 Å². The van der Waals surface area contributed by atoms with Gasteiger partial charge in [-0.05, 0) is 11.1 Å². The average Bonchev–Trinajstić information content (AvgIpc) is 2.53. The molecule has 4 heteroatoms. The van der Waals surface area contributed by atoms with Crippen LogP contribution in [0.1, 0.15) is 17.0 Å². The standard InChI is InChI=1S/C17H19NO3/c1-18(17(20)21)15(12-19)16(13-8-4-2-5-9-13)14-10-6-3-7-11-14/h2-11,15-16,19H,12H2,1H3,(H,20,21). The molecule has 4 nitrogen and oxygen atoms in total. The lowest BCUT2D eigenvalue weighted by Gasteiger charge is -2.32. The molecular formula is C17H19NO3. The lowest BCUT2D eigenvalue weighted by molar-refractivity contribution is 0.106. The first-order valence-corrected chi connectivity index (χ1v) is 6.81. The van der Waals surface area contributed by atoms with E-state index in [0.29, 0.717) is 0 Å². The molecule has 1 atom stereocenters. The van der Waals surface area contributed by atoms with Crippen molar-refractivity contribution in [2.45, 2.75) is 12.0 Å². The predicted octanol–water partition coefficient (Wildman–Crippen LogP) is 2.79.